The molecule has 2 aliphatic rings. The summed E-state index contributed by atoms with van der Waals surface area (Å²) in [5, 5.41) is 2.89. The molecule has 2 heterocycles. The van der Waals surface area contributed by atoms with Crippen molar-refractivity contribution in [1.29, 1.82) is 0 Å². The lowest BCUT2D eigenvalue weighted by Crippen LogP contribution is -2.12. The lowest BCUT2D eigenvalue weighted by atomic mass is 9.97. The Labute approximate surface area is 157 Å². The molecule has 0 radical (unpaired) electrons. The molecule has 138 valence electrons. The first kappa shape index (κ1) is 17.0. The Morgan fingerprint density at radius 1 is 1.11 bits per heavy atom. The van der Waals surface area contributed by atoms with Gasteiger partial charge in [0.25, 0.3) is 5.91 Å². The second-order valence-corrected chi connectivity index (χ2v) is 6.19. The third kappa shape index (κ3) is 3.33. The van der Waals surface area contributed by atoms with Gasteiger partial charge in [0.2, 0.25) is 6.79 Å². The fourth-order valence-electron chi connectivity index (χ4n) is 3.08. The van der Waals surface area contributed by atoms with Crippen molar-refractivity contribution in [1.82, 2.24) is 0 Å². The number of benzene rings is 2. The number of carbonyl (C=O) groups excluding carboxylic acids is 1. The number of methoxy groups -OCH3 is 1. The number of amides is 1. The Morgan fingerprint density at radius 2 is 1.96 bits per heavy atom. The number of nitrogens with one attached hydrogen (secondary N) is 1. The second kappa shape index (κ2) is 7.07. The van der Waals surface area contributed by atoms with Gasteiger partial charge in [-0.15, -0.1) is 0 Å². The predicted octanol–water partition coefficient (Wildman–Crippen LogP) is 3.99. The number of allylic oxidation sites excluding steroid dienone is 2. The summed E-state index contributed by atoms with van der Waals surface area (Å²) in [6, 6.07) is 10.7. The normalized spacial score (nSPS) is 14.7. The van der Waals surface area contributed by atoms with Crippen LogP contribution in [-0.4, -0.2) is 26.4 Å². The fourth-order valence-corrected chi connectivity index (χ4v) is 3.08. The van der Waals surface area contributed by atoms with Crippen LogP contribution in [0.5, 0.6) is 17.2 Å². The molecular weight excluding hydrogens is 346 g/mol. The monoisotopic (exact) mass is 365 g/mol. The maximum Gasteiger partial charge on any atom is 0.255 e. The quantitative estimate of drug-likeness (QED) is 0.887. The van der Waals surface area contributed by atoms with Gasteiger partial charge in [-0.2, -0.15) is 0 Å². The summed E-state index contributed by atoms with van der Waals surface area (Å²) in [4.78, 5) is 12.6. The molecule has 0 aliphatic carbocycles. The van der Waals surface area contributed by atoms with E-state index in [4.69, 9.17) is 18.9 Å². The van der Waals surface area contributed by atoms with Crippen LogP contribution in [0.1, 0.15) is 22.8 Å². The van der Waals surface area contributed by atoms with Gasteiger partial charge in [0, 0.05) is 22.9 Å². The first-order valence-electron chi connectivity index (χ1n) is 8.54. The Balaban J connectivity index is 1.57. The molecule has 0 fully saturated rings. The van der Waals surface area contributed by atoms with E-state index >= 15 is 0 Å². The third-order valence-electron chi connectivity index (χ3n) is 4.45. The second-order valence-electron chi connectivity index (χ2n) is 6.19. The van der Waals surface area contributed by atoms with Crippen LogP contribution < -0.4 is 19.5 Å². The third-order valence-corrected chi connectivity index (χ3v) is 4.45. The molecular formula is C21H19NO5. The van der Waals surface area contributed by atoms with Crippen molar-refractivity contribution in [3.8, 4) is 17.2 Å². The molecule has 0 bridgehead atoms. The molecule has 0 aromatic heterocycles. The van der Waals surface area contributed by atoms with Crippen molar-refractivity contribution in [2.24, 2.45) is 0 Å². The molecule has 0 spiro atoms. The van der Waals surface area contributed by atoms with E-state index in [0.29, 0.717) is 35.1 Å². The van der Waals surface area contributed by atoms with Crippen molar-refractivity contribution in [2.45, 2.75) is 6.92 Å². The highest BCUT2D eigenvalue weighted by atomic mass is 16.7. The fraction of sp³-hybridized carbons (Fsp3) is 0.190. The molecule has 2 aliphatic heterocycles. The van der Waals surface area contributed by atoms with Gasteiger partial charge in [-0.05, 0) is 54.5 Å². The van der Waals surface area contributed by atoms with E-state index in [1.165, 1.54) is 0 Å². The van der Waals surface area contributed by atoms with Crippen LogP contribution in [-0.2, 0) is 4.74 Å². The number of hydrogen-bond donors (Lipinski definition) is 1. The zero-order valence-electron chi connectivity index (χ0n) is 15.1. The first-order chi connectivity index (χ1) is 13.2. The zero-order chi connectivity index (χ0) is 18.8. The van der Waals surface area contributed by atoms with E-state index in [9.17, 15) is 4.79 Å². The van der Waals surface area contributed by atoms with Gasteiger partial charge in [-0.1, -0.05) is 0 Å². The largest absolute Gasteiger partial charge is 0.497 e. The molecule has 4 rings (SSSR count). The molecule has 2 aromatic rings. The maximum atomic E-state index is 12.6. The molecule has 1 N–H and O–H groups in total. The molecule has 0 saturated carbocycles. The molecule has 0 atom stereocenters. The van der Waals surface area contributed by atoms with Crippen molar-refractivity contribution in [3.63, 3.8) is 0 Å². The molecule has 0 saturated heterocycles. The van der Waals surface area contributed by atoms with Gasteiger partial charge in [-0.3, -0.25) is 4.79 Å². The number of fused-ring (bicyclic) bond motifs is 1. The summed E-state index contributed by atoms with van der Waals surface area (Å²) in [5.74, 6) is 1.67. The van der Waals surface area contributed by atoms with E-state index in [0.717, 1.165) is 16.7 Å². The van der Waals surface area contributed by atoms with Gasteiger partial charge in [0.15, 0.2) is 11.5 Å². The average molecular weight is 365 g/mol. The highest BCUT2D eigenvalue weighted by Crippen LogP contribution is 2.35. The van der Waals surface area contributed by atoms with Gasteiger partial charge in [0.05, 0.1) is 13.4 Å². The first-order valence-corrected chi connectivity index (χ1v) is 8.54. The van der Waals surface area contributed by atoms with Crippen LogP contribution in [0.4, 0.5) is 5.69 Å². The number of anilines is 1. The summed E-state index contributed by atoms with van der Waals surface area (Å²) in [7, 11) is 1.61. The topological polar surface area (TPSA) is 66.0 Å². The number of rotatable bonds is 4. The van der Waals surface area contributed by atoms with Crippen molar-refractivity contribution >= 4 is 17.2 Å². The van der Waals surface area contributed by atoms with E-state index in [-0.39, 0.29) is 12.7 Å². The van der Waals surface area contributed by atoms with Gasteiger partial charge < -0.3 is 24.3 Å². The minimum atomic E-state index is -0.232. The zero-order valence-corrected chi connectivity index (χ0v) is 15.1. The Bertz CT molecular complexity index is 961. The standard InChI is InChI=1S/C21H19NO5/c1-13-11-25-8-7-16(13)17-5-4-15(10-19(17)24-2)22-21(23)14-3-6-18-20(9-14)27-12-26-18/h3-7,9-11H,8,12H2,1-2H3,(H,22,23). The average Bonchev–Trinajstić information content (AvgIpc) is 3.16. The highest BCUT2D eigenvalue weighted by Gasteiger charge is 2.18. The van der Waals surface area contributed by atoms with Crippen molar-refractivity contribution in [3.05, 3.63) is 65.4 Å². The lowest BCUT2D eigenvalue weighted by Gasteiger charge is -2.17. The van der Waals surface area contributed by atoms with E-state index < -0.39 is 0 Å². The summed E-state index contributed by atoms with van der Waals surface area (Å²) < 4.78 is 21.4. The maximum absolute atomic E-state index is 12.6. The van der Waals surface area contributed by atoms with Crippen LogP contribution in [0, 0.1) is 0 Å². The molecule has 2 aromatic carbocycles. The molecule has 1 amide bonds. The Morgan fingerprint density at radius 3 is 2.78 bits per heavy atom. The minimum Gasteiger partial charge on any atom is -0.497 e. The Kier molecular flexibility index (Phi) is 4.46. The van der Waals surface area contributed by atoms with Crippen LogP contribution >= 0.6 is 0 Å². The Hall–Kier alpha value is -3.41. The van der Waals surface area contributed by atoms with Crippen LogP contribution in [0.25, 0.3) is 5.57 Å². The molecule has 6 nitrogen and oxygen atoms in total. The molecule has 27 heavy (non-hydrogen) atoms. The smallest absolute Gasteiger partial charge is 0.255 e. The van der Waals surface area contributed by atoms with E-state index in [1.54, 1.807) is 31.6 Å². The summed E-state index contributed by atoms with van der Waals surface area (Å²) in [6.07, 6.45) is 3.75. The number of hydrogen-bond acceptors (Lipinski definition) is 5. The molecule has 6 heteroatoms. The summed E-state index contributed by atoms with van der Waals surface area (Å²) >= 11 is 0. The van der Waals surface area contributed by atoms with E-state index in [1.807, 2.05) is 31.2 Å². The van der Waals surface area contributed by atoms with Crippen LogP contribution in [0.2, 0.25) is 0 Å². The summed E-state index contributed by atoms with van der Waals surface area (Å²) in [5.41, 5.74) is 4.18. The molecule has 0 unspecified atom stereocenters. The van der Waals surface area contributed by atoms with Gasteiger partial charge in [0.1, 0.15) is 12.4 Å². The highest BCUT2D eigenvalue weighted by molar-refractivity contribution is 6.05. The SMILES string of the molecule is COc1cc(NC(=O)c2ccc3c(c2)OCO3)ccc1C1=CCOC=C1C. The number of carbonyl (C=O) groups is 1. The van der Waals surface area contributed by atoms with Gasteiger partial charge in [-0.25, -0.2) is 0 Å². The van der Waals surface area contributed by atoms with Crippen LogP contribution in [0.15, 0.2) is 54.3 Å². The van der Waals surface area contributed by atoms with Crippen molar-refractivity contribution in [2.75, 3.05) is 25.8 Å². The van der Waals surface area contributed by atoms with E-state index in [2.05, 4.69) is 5.32 Å². The van der Waals surface area contributed by atoms with Gasteiger partial charge >= 0.3 is 0 Å². The predicted molar refractivity (Wildman–Crippen MR) is 101 cm³/mol. The van der Waals surface area contributed by atoms with Crippen molar-refractivity contribution < 1.29 is 23.7 Å². The number of ether oxygens (including phenoxy) is 4. The lowest BCUT2D eigenvalue weighted by molar-refractivity contribution is 0.102. The van der Waals surface area contributed by atoms with Crippen LogP contribution in [0.3, 0.4) is 0 Å². The summed E-state index contributed by atoms with van der Waals surface area (Å²) in [6.45, 7) is 2.69. The minimum absolute atomic E-state index is 0.174.